The summed E-state index contributed by atoms with van der Waals surface area (Å²) in [7, 11) is 0. The van der Waals surface area contributed by atoms with Crippen molar-refractivity contribution in [1.82, 2.24) is 5.01 Å². The van der Waals surface area contributed by atoms with Gasteiger partial charge in [0.1, 0.15) is 0 Å². The molecule has 142 valence electrons. The van der Waals surface area contributed by atoms with Crippen LogP contribution in [0, 0.1) is 5.92 Å². The van der Waals surface area contributed by atoms with Crippen LogP contribution in [-0.2, 0) is 10.5 Å². The third-order valence-corrected chi connectivity index (χ3v) is 5.84. The van der Waals surface area contributed by atoms with Gasteiger partial charge in [-0.3, -0.25) is 4.79 Å². The summed E-state index contributed by atoms with van der Waals surface area (Å²) in [5.74, 6) is -1.64. The third kappa shape index (κ3) is 3.62. The van der Waals surface area contributed by atoms with Crippen LogP contribution in [0.4, 0.5) is 13.2 Å². The molecule has 1 amide bonds. The van der Waals surface area contributed by atoms with E-state index < -0.39 is 23.7 Å². The minimum absolute atomic E-state index is 0.170. The molecule has 1 saturated carbocycles. The highest BCUT2D eigenvalue weighted by molar-refractivity contribution is 7.99. The van der Waals surface area contributed by atoms with Gasteiger partial charge in [0.2, 0.25) is 0 Å². The van der Waals surface area contributed by atoms with Crippen molar-refractivity contribution in [2.24, 2.45) is 11.0 Å². The molecular weight excluding hydrogens is 365 g/mol. The van der Waals surface area contributed by atoms with Crippen molar-refractivity contribution in [2.75, 3.05) is 5.75 Å². The second-order valence-corrected chi connectivity index (χ2v) is 7.64. The molecule has 0 unspecified atom stereocenters. The number of carbonyl (C=O) groups excluding carboxylic acids is 1. The van der Waals surface area contributed by atoms with Crippen LogP contribution >= 0.6 is 11.8 Å². The van der Waals surface area contributed by atoms with Crippen LogP contribution < -0.4 is 0 Å². The molecule has 1 N–H and O–H groups in total. The molecule has 2 aliphatic rings. The summed E-state index contributed by atoms with van der Waals surface area (Å²) in [4.78, 5) is 12.5. The van der Waals surface area contributed by atoms with Crippen molar-refractivity contribution in [3.05, 3.63) is 35.9 Å². The number of fused-ring (bicyclic) bond motifs is 1. The number of alkyl halides is 3. The first kappa shape index (κ1) is 19.2. The number of rotatable bonds is 4. The molecule has 0 spiro atoms. The van der Waals surface area contributed by atoms with Crippen molar-refractivity contribution in [3.8, 4) is 0 Å². The Morgan fingerprint density at radius 2 is 2.00 bits per heavy atom. The molecule has 0 aromatic heterocycles. The predicted octanol–water partition coefficient (Wildman–Crippen LogP) is 3.95. The van der Waals surface area contributed by atoms with Crippen molar-refractivity contribution < 1.29 is 23.1 Å². The molecule has 1 heterocycles. The molecule has 8 heteroatoms. The molecule has 1 aromatic rings. The summed E-state index contributed by atoms with van der Waals surface area (Å²) >= 11 is 1.21. The number of carbonyl (C=O) groups is 1. The van der Waals surface area contributed by atoms with E-state index in [0.29, 0.717) is 29.3 Å². The topological polar surface area (TPSA) is 52.9 Å². The van der Waals surface area contributed by atoms with Crippen LogP contribution in [0.15, 0.2) is 35.4 Å². The summed E-state index contributed by atoms with van der Waals surface area (Å²) in [5, 5.41) is 14.8. The van der Waals surface area contributed by atoms with Gasteiger partial charge in [-0.1, -0.05) is 43.2 Å². The Hall–Kier alpha value is -1.54. The second-order valence-electron chi connectivity index (χ2n) is 6.65. The smallest absolute Gasteiger partial charge is 0.362 e. The zero-order valence-electron chi connectivity index (χ0n) is 14.2. The van der Waals surface area contributed by atoms with E-state index in [2.05, 4.69) is 5.10 Å². The Labute approximate surface area is 154 Å². The highest BCUT2D eigenvalue weighted by atomic mass is 32.2. The lowest BCUT2D eigenvalue weighted by Gasteiger charge is -2.37. The van der Waals surface area contributed by atoms with Gasteiger partial charge in [0.15, 0.2) is 0 Å². The zero-order valence-corrected chi connectivity index (χ0v) is 15.0. The van der Waals surface area contributed by atoms with Crippen LogP contribution in [0.3, 0.4) is 0 Å². The number of aliphatic hydroxyl groups is 1. The number of amides is 1. The van der Waals surface area contributed by atoms with Gasteiger partial charge in [-0.05, 0) is 24.8 Å². The first-order valence-corrected chi connectivity index (χ1v) is 9.80. The van der Waals surface area contributed by atoms with E-state index in [0.717, 1.165) is 18.4 Å². The predicted molar refractivity (Wildman–Crippen MR) is 94.5 cm³/mol. The van der Waals surface area contributed by atoms with E-state index in [4.69, 9.17) is 0 Å². The molecule has 26 heavy (non-hydrogen) atoms. The normalized spacial score (nSPS) is 26.2. The summed E-state index contributed by atoms with van der Waals surface area (Å²) in [5.41, 5.74) is -1.95. The first-order chi connectivity index (χ1) is 12.3. The van der Waals surface area contributed by atoms with Crippen LogP contribution in [0.5, 0.6) is 0 Å². The van der Waals surface area contributed by atoms with E-state index in [9.17, 15) is 23.1 Å². The first-order valence-electron chi connectivity index (χ1n) is 8.65. The van der Waals surface area contributed by atoms with Crippen molar-refractivity contribution in [1.29, 1.82) is 0 Å². The van der Waals surface area contributed by atoms with Gasteiger partial charge < -0.3 is 5.11 Å². The number of thioether (sulfide) groups is 1. The van der Waals surface area contributed by atoms with Gasteiger partial charge in [0.05, 0.1) is 11.7 Å². The SMILES string of the molecule is O=C(CSCc1ccccc1)N1N=C2CCCCC[C@H]2[C@@]1(O)C(F)(F)F. The van der Waals surface area contributed by atoms with Gasteiger partial charge in [-0.2, -0.15) is 23.3 Å². The van der Waals surface area contributed by atoms with E-state index in [1.807, 2.05) is 30.3 Å². The minimum Gasteiger partial charge on any atom is -0.362 e. The van der Waals surface area contributed by atoms with Crippen molar-refractivity contribution in [2.45, 2.75) is 49.8 Å². The Bertz CT molecular complexity index is 681. The molecule has 2 atom stereocenters. The molecule has 0 bridgehead atoms. The largest absolute Gasteiger partial charge is 0.439 e. The maximum Gasteiger partial charge on any atom is 0.439 e. The van der Waals surface area contributed by atoms with Crippen LogP contribution in [-0.4, -0.2) is 39.4 Å². The zero-order chi connectivity index (χ0) is 18.8. The molecule has 1 aromatic carbocycles. The van der Waals surface area contributed by atoms with Crippen LogP contribution in [0.1, 0.15) is 37.7 Å². The van der Waals surface area contributed by atoms with Gasteiger partial charge in [-0.25, -0.2) is 0 Å². The van der Waals surface area contributed by atoms with E-state index in [-0.39, 0.29) is 12.2 Å². The molecule has 3 rings (SSSR count). The molecule has 1 aliphatic carbocycles. The Morgan fingerprint density at radius 1 is 1.27 bits per heavy atom. The Balaban J connectivity index is 1.74. The summed E-state index contributed by atoms with van der Waals surface area (Å²) < 4.78 is 41.2. The maximum atomic E-state index is 13.7. The molecular formula is C18H21F3N2O2S. The lowest BCUT2D eigenvalue weighted by atomic mass is 9.87. The molecule has 4 nitrogen and oxygen atoms in total. The number of nitrogens with zero attached hydrogens (tertiary/aromatic N) is 2. The minimum atomic E-state index is -4.95. The molecule has 0 saturated heterocycles. The van der Waals surface area contributed by atoms with Crippen LogP contribution in [0.2, 0.25) is 0 Å². The highest BCUT2D eigenvalue weighted by Crippen LogP contribution is 2.47. The standard InChI is InChI=1S/C18H21F3N2O2S/c19-18(20,21)17(25)14-9-5-2-6-10-15(14)22-23(17)16(24)12-26-11-13-7-3-1-4-8-13/h1,3-4,7-8,14,25H,2,5-6,9-12H2/t14-,17-/m1/s1. The average molecular weight is 386 g/mol. The lowest BCUT2D eigenvalue weighted by molar-refractivity contribution is -0.316. The van der Waals surface area contributed by atoms with Gasteiger partial charge in [0, 0.05) is 11.5 Å². The second kappa shape index (κ2) is 7.60. The van der Waals surface area contributed by atoms with Gasteiger partial charge in [-0.15, -0.1) is 11.8 Å². The summed E-state index contributed by atoms with van der Waals surface area (Å²) in [6.45, 7) is 0. The number of hydrazone groups is 1. The van der Waals surface area contributed by atoms with Gasteiger partial charge in [0.25, 0.3) is 11.6 Å². The fourth-order valence-corrected chi connectivity index (χ4v) is 4.36. The highest BCUT2D eigenvalue weighted by Gasteiger charge is 2.68. The molecule has 0 radical (unpaired) electrons. The summed E-state index contributed by atoms with van der Waals surface area (Å²) in [6.07, 6.45) is -2.24. The number of halogens is 3. The number of hydrogen-bond acceptors (Lipinski definition) is 4. The van der Waals surface area contributed by atoms with E-state index in [1.54, 1.807) is 0 Å². The van der Waals surface area contributed by atoms with Crippen LogP contribution in [0.25, 0.3) is 0 Å². The number of benzene rings is 1. The summed E-state index contributed by atoms with van der Waals surface area (Å²) in [6, 6.07) is 9.36. The van der Waals surface area contributed by atoms with Gasteiger partial charge >= 0.3 is 6.18 Å². The monoisotopic (exact) mass is 386 g/mol. The molecule has 1 fully saturated rings. The van der Waals surface area contributed by atoms with Crippen molar-refractivity contribution in [3.63, 3.8) is 0 Å². The van der Waals surface area contributed by atoms with Crippen molar-refractivity contribution >= 4 is 23.4 Å². The Morgan fingerprint density at radius 3 is 2.69 bits per heavy atom. The fourth-order valence-electron chi connectivity index (χ4n) is 3.53. The average Bonchev–Trinajstić information content (AvgIpc) is 2.75. The number of hydrogen-bond donors (Lipinski definition) is 1. The molecule has 1 aliphatic heterocycles. The third-order valence-electron chi connectivity index (χ3n) is 4.86. The quantitative estimate of drug-likeness (QED) is 0.853. The Kier molecular flexibility index (Phi) is 5.62. The van der Waals surface area contributed by atoms with E-state index >= 15 is 0 Å². The lowest BCUT2D eigenvalue weighted by Crippen LogP contribution is -2.61. The van der Waals surface area contributed by atoms with E-state index in [1.165, 1.54) is 11.8 Å². The maximum absolute atomic E-state index is 13.7. The fraction of sp³-hybridized carbons (Fsp3) is 0.556.